The van der Waals surface area contributed by atoms with Crippen molar-refractivity contribution >= 4 is 15.7 Å². The lowest BCUT2D eigenvalue weighted by atomic mass is 9.89. The molecule has 2 N–H and O–H groups in total. The zero-order valence-corrected chi connectivity index (χ0v) is 13.0. The Kier molecular flexibility index (Phi) is 4.15. The Morgan fingerprint density at radius 1 is 1.40 bits per heavy atom. The zero-order chi connectivity index (χ0) is 15.0. The molecule has 0 bridgehead atoms. The first-order valence-electron chi connectivity index (χ1n) is 7.12. The smallest absolute Gasteiger partial charge is 0.234 e. The number of rotatable bonds is 5. The summed E-state index contributed by atoms with van der Waals surface area (Å²) in [6.07, 6.45) is 2.15. The van der Waals surface area contributed by atoms with Crippen molar-refractivity contribution in [1.82, 2.24) is 10.2 Å². The third kappa shape index (κ3) is 3.71. The molecular formula is C13H24N2O4S. The van der Waals surface area contributed by atoms with Gasteiger partial charge < -0.3 is 10.4 Å². The molecule has 0 radical (unpaired) electrons. The van der Waals surface area contributed by atoms with Gasteiger partial charge in [0.2, 0.25) is 5.91 Å². The van der Waals surface area contributed by atoms with Crippen molar-refractivity contribution in [3.8, 4) is 0 Å². The number of sulfone groups is 1. The SMILES string of the molecule is CCCC1(O)CN(CC(=O)NC2(C)CCS(=O)(=O)C2)C1. The van der Waals surface area contributed by atoms with Crippen LogP contribution in [0.4, 0.5) is 0 Å². The van der Waals surface area contributed by atoms with Crippen LogP contribution >= 0.6 is 0 Å². The van der Waals surface area contributed by atoms with Gasteiger partial charge in [0.1, 0.15) is 0 Å². The van der Waals surface area contributed by atoms with Crippen molar-refractivity contribution < 1.29 is 18.3 Å². The van der Waals surface area contributed by atoms with Crippen molar-refractivity contribution in [2.24, 2.45) is 0 Å². The summed E-state index contributed by atoms with van der Waals surface area (Å²) in [5.41, 5.74) is -1.28. The van der Waals surface area contributed by atoms with Crippen LogP contribution in [0.15, 0.2) is 0 Å². The van der Waals surface area contributed by atoms with E-state index in [2.05, 4.69) is 5.32 Å². The van der Waals surface area contributed by atoms with Crippen LogP contribution in [0, 0.1) is 0 Å². The highest BCUT2D eigenvalue weighted by atomic mass is 32.2. The minimum Gasteiger partial charge on any atom is -0.387 e. The van der Waals surface area contributed by atoms with E-state index >= 15 is 0 Å². The van der Waals surface area contributed by atoms with E-state index in [-0.39, 0.29) is 24.0 Å². The molecular weight excluding hydrogens is 280 g/mol. The summed E-state index contributed by atoms with van der Waals surface area (Å²) >= 11 is 0. The fourth-order valence-electron chi connectivity index (χ4n) is 3.21. The molecule has 0 aromatic carbocycles. The van der Waals surface area contributed by atoms with Gasteiger partial charge >= 0.3 is 0 Å². The van der Waals surface area contributed by atoms with Crippen LogP contribution in [0.1, 0.15) is 33.1 Å². The van der Waals surface area contributed by atoms with Crippen LogP contribution in [0.5, 0.6) is 0 Å². The predicted molar refractivity (Wildman–Crippen MR) is 76.1 cm³/mol. The molecule has 2 aliphatic heterocycles. The number of carbonyl (C=O) groups excluding carboxylic acids is 1. The maximum absolute atomic E-state index is 12.0. The van der Waals surface area contributed by atoms with Gasteiger partial charge in [-0.3, -0.25) is 9.69 Å². The summed E-state index contributed by atoms with van der Waals surface area (Å²) < 4.78 is 23.0. The van der Waals surface area contributed by atoms with E-state index in [0.717, 1.165) is 12.8 Å². The Hall–Kier alpha value is -0.660. The fourth-order valence-corrected chi connectivity index (χ4v) is 5.30. The van der Waals surface area contributed by atoms with Gasteiger partial charge in [0.15, 0.2) is 9.84 Å². The first kappa shape index (κ1) is 15.7. The number of nitrogens with zero attached hydrogens (tertiary/aromatic N) is 1. The summed E-state index contributed by atoms with van der Waals surface area (Å²) in [6.45, 7) is 5.06. The first-order chi connectivity index (χ1) is 9.15. The van der Waals surface area contributed by atoms with E-state index in [1.54, 1.807) is 6.92 Å². The largest absolute Gasteiger partial charge is 0.387 e. The zero-order valence-electron chi connectivity index (χ0n) is 12.2. The summed E-state index contributed by atoms with van der Waals surface area (Å²) in [5.74, 6) is -0.00179. The second kappa shape index (κ2) is 5.27. The van der Waals surface area contributed by atoms with Gasteiger partial charge in [-0.15, -0.1) is 0 Å². The van der Waals surface area contributed by atoms with Gasteiger partial charge in [0, 0.05) is 13.1 Å². The Labute approximate surface area is 120 Å². The molecule has 116 valence electrons. The minimum absolute atomic E-state index is 0.0194. The van der Waals surface area contributed by atoms with E-state index in [4.69, 9.17) is 0 Å². The van der Waals surface area contributed by atoms with Gasteiger partial charge in [-0.2, -0.15) is 0 Å². The first-order valence-corrected chi connectivity index (χ1v) is 8.94. The highest BCUT2D eigenvalue weighted by Gasteiger charge is 2.43. The third-order valence-corrected chi connectivity index (χ3v) is 5.97. The summed E-state index contributed by atoms with van der Waals surface area (Å²) in [4.78, 5) is 13.8. The molecule has 2 aliphatic rings. The molecule has 0 aromatic rings. The number of hydrogen-bond acceptors (Lipinski definition) is 5. The van der Waals surface area contributed by atoms with Gasteiger partial charge in [0.05, 0.1) is 29.2 Å². The lowest BCUT2D eigenvalue weighted by molar-refractivity contribution is -0.134. The maximum atomic E-state index is 12.0. The van der Waals surface area contributed by atoms with Crippen LogP contribution in [0.3, 0.4) is 0 Å². The summed E-state index contributed by atoms with van der Waals surface area (Å²) in [6, 6.07) is 0. The molecule has 0 aliphatic carbocycles. The Morgan fingerprint density at radius 2 is 2.05 bits per heavy atom. The van der Waals surface area contributed by atoms with E-state index in [1.165, 1.54) is 0 Å². The van der Waals surface area contributed by atoms with Gasteiger partial charge in [0.25, 0.3) is 0 Å². The lowest BCUT2D eigenvalue weighted by Gasteiger charge is -2.46. The average Bonchev–Trinajstić information content (AvgIpc) is 2.50. The molecule has 2 fully saturated rings. The van der Waals surface area contributed by atoms with Crippen molar-refractivity contribution in [2.45, 2.75) is 44.2 Å². The molecule has 6 nitrogen and oxygen atoms in total. The molecule has 2 saturated heterocycles. The van der Waals surface area contributed by atoms with Crippen LogP contribution in [0.2, 0.25) is 0 Å². The molecule has 2 heterocycles. The van der Waals surface area contributed by atoms with Crippen LogP contribution in [-0.2, 0) is 14.6 Å². The molecule has 0 saturated carbocycles. The van der Waals surface area contributed by atoms with E-state index in [0.29, 0.717) is 19.5 Å². The van der Waals surface area contributed by atoms with Crippen LogP contribution < -0.4 is 5.32 Å². The molecule has 1 atom stereocenters. The lowest BCUT2D eigenvalue weighted by Crippen LogP contribution is -2.64. The number of hydrogen-bond donors (Lipinski definition) is 2. The Bertz CT molecular complexity index is 485. The molecule has 0 aromatic heterocycles. The van der Waals surface area contributed by atoms with Gasteiger partial charge in [-0.25, -0.2) is 8.42 Å². The Morgan fingerprint density at radius 3 is 2.55 bits per heavy atom. The second-order valence-electron chi connectivity index (χ2n) is 6.57. The number of amides is 1. The van der Waals surface area contributed by atoms with Gasteiger partial charge in [-0.1, -0.05) is 13.3 Å². The minimum atomic E-state index is -3.01. The van der Waals surface area contributed by atoms with Gasteiger partial charge in [-0.05, 0) is 19.8 Å². The molecule has 20 heavy (non-hydrogen) atoms. The molecule has 2 rings (SSSR count). The fraction of sp³-hybridized carbons (Fsp3) is 0.923. The summed E-state index contributed by atoms with van der Waals surface area (Å²) in [7, 11) is -3.01. The number of carbonyl (C=O) groups is 1. The Balaban J connectivity index is 1.78. The van der Waals surface area contributed by atoms with Crippen molar-refractivity contribution in [3.63, 3.8) is 0 Å². The maximum Gasteiger partial charge on any atom is 0.234 e. The number of nitrogens with one attached hydrogen (secondary N) is 1. The molecule has 1 amide bonds. The normalized spacial score (nSPS) is 31.8. The highest BCUT2D eigenvalue weighted by molar-refractivity contribution is 7.91. The monoisotopic (exact) mass is 304 g/mol. The van der Waals surface area contributed by atoms with Crippen molar-refractivity contribution in [2.75, 3.05) is 31.1 Å². The summed E-state index contributed by atoms with van der Waals surface area (Å²) in [5, 5.41) is 12.9. The highest BCUT2D eigenvalue weighted by Crippen LogP contribution is 2.26. The molecule has 1 unspecified atom stereocenters. The molecule has 0 spiro atoms. The second-order valence-corrected chi connectivity index (χ2v) is 8.75. The predicted octanol–water partition coefficient (Wildman–Crippen LogP) is -0.473. The standard InChI is InChI=1S/C13H24N2O4S/c1-3-4-13(17)8-15(9-13)7-11(16)14-12(2)5-6-20(18,19)10-12/h17H,3-10H2,1-2H3,(H,14,16). The number of aliphatic hydroxyl groups is 1. The van der Waals surface area contributed by atoms with Crippen LogP contribution in [-0.4, -0.2) is 66.6 Å². The van der Waals surface area contributed by atoms with E-state index < -0.39 is 21.0 Å². The average molecular weight is 304 g/mol. The number of β-amino-alcohol motifs (C(OH)–C–C–N with tert-alkyl or cyclic N) is 1. The molecule has 7 heteroatoms. The van der Waals surface area contributed by atoms with Crippen LogP contribution in [0.25, 0.3) is 0 Å². The quantitative estimate of drug-likeness (QED) is 0.717. The van der Waals surface area contributed by atoms with Crippen molar-refractivity contribution in [1.29, 1.82) is 0 Å². The number of likely N-dealkylation sites (tertiary alicyclic amines) is 1. The third-order valence-electron chi connectivity index (χ3n) is 4.06. The topological polar surface area (TPSA) is 86.7 Å². The van der Waals surface area contributed by atoms with E-state index in [9.17, 15) is 18.3 Å². The van der Waals surface area contributed by atoms with Crippen molar-refractivity contribution in [3.05, 3.63) is 0 Å². The van der Waals surface area contributed by atoms with E-state index in [1.807, 2.05) is 11.8 Å².